The fourth-order valence-corrected chi connectivity index (χ4v) is 1.05. The largest absolute Gasteiger partial charge is 0.383 e. The van der Waals surface area contributed by atoms with Crippen LogP contribution in [-0.4, -0.2) is 53.1 Å². The second-order valence-electron chi connectivity index (χ2n) is 3.04. The molecule has 0 bridgehead atoms. The van der Waals surface area contributed by atoms with Gasteiger partial charge in [-0.1, -0.05) is 0 Å². The summed E-state index contributed by atoms with van der Waals surface area (Å²) in [6, 6.07) is 0. The minimum Gasteiger partial charge on any atom is -0.383 e. The molecule has 0 aliphatic carbocycles. The van der Waals surface area contributed by atoms with Crippen LogP contribution < -0.4 is 10.6 Å². The van der Waals surface area contributed by atoms with Gasteiger partial charge >= 0.3 is 0 Å². The standard InChI is InChI=1S/C10H24N2O2/c1-3-14-10-8-12-6-4-5-11-7-9-13-2/h11-12H,3-10H2,1-2H3. The van der Waals surface area contributed by atoms with Gasteiger partial charge in [0.25, 0.3) is 0 Å². The molecule has 0 aliphatic rings. The lowest BCUT2D eigenvalue weighted by Crippen LogP contribution is -2.26. The minimum atomic E-state index is 0.789. The van der Waals surface area contributed by atoms with Crippen molar-refractivity contribution >= 4 is 0 Å². The molecule has 2 N–H and O–H groups in total. The minimum absolute atomic E-state index is 0.789. The first kappa shape index (κ1) is 13.8. The molecule has 86 valence electrons. The molecule has 0 aromatic carbocycles. The lowest BCUT2D eigenvalue weighted by atomic mass is 10.4. The average Bonchev–Trinajstić information content (AvgIpc) is 2.21. The van der Waals surface area contributed by atoms with E-state index in [1.54, 1.807) is 7.11 Å². The predicted octanol–water partition coefficient (Wildman–Crippen LogP) is 0.239. The number of methoxy groups -OCH3 is 1. The molecule has 0 unspecified atom stereocenters. The molecule has 0 amide bonds. The Bertz CT molecular complexity index is 90.1. The van der Waals surface area contributed by atoms with Crippen molar-refractivity contribution in [2.75, 3.05) is 53.1 Å². The van der Waals surface area contributed by atoms with Crippen molar-refractivity contribution in [2.24, 2.45) is 0 Å². The second-order valence-corrected chi connectivity index (χ2v) is 3.04. The lowest BCUT2D eigenvalue weighted by Gasteiger charge is -2.05. The molecule has 0 saturated heterocycles. The fourth-order valence-electron chi connectivity index (χ4n) is 1.05. The van der Waals surface area contributed by atoms with E-state index in [2.05, 4.69) is 10.6 Å². The highest BCUT2D eigenvalue weighted by atomic mass is 16.5. The molecule has 0 atom stereocenters. The van der Waals surface area contributed by atoms with E-state index in [0.717, 1.165) is 52.4 Å². The predicted molar refractivity (Wildman–Crippen MR) is 58.7 cm³/mol. The van der Waals surface area contributed by atoms with Gasteiger partial charge in [-0.15, -0.1) is 0 Å². The molecule has 4 nitrogen and oxygen atoms in total. The van der Waals surface area contributed by atoms with Crippen LogP contribution in [0.15, 0.2) is 0 Å². The molecule has 0 heterocycles. The average molecular weight is 204 g/mol. The summed E-state index contributed by atoms with van der Waals surface area (Å²) in [5.74, 6) is 0. The molecule has 0 fully saturated rings. The van der Waals surface area contributed by atoms with Gasteiger partial charge in [-0.2, -0.15) is 0 Å². The van der Waals surface area contributed by atoms with Gasteiger partial charge in [0.1, 0.15) is 0 Å². The van der Waals surface area contributed by atoms with Crippen LogP contribution in [0.3, 0.4) is 0 Å². The highest BCUT2D eigenvalue weighted by molar-refractivity contribution is 4.51. The summed E-state index contributed by atoms with van der Waals surface area (Å²) < 4.78 is 10.1. The molecular weight excluding hydrogens is 180 g/mol. The quantitative estimate of drug-likeness (QED) is 0.473. The molecule has 0 spiro atoms. The molecule has 14 heavy (non-hydrogen) atoms. The summed E-state index contributed by atoms with van der Waals surface area (Å²) in [5.41, 5.74) is 0. The highest BCUT2D eigenvalue weighted by Gasteiger charge is 1.89. The topological polar surface area (TPSA) is 42.5 Å². The van der Waals surface area contributed by atoms with Crippen molar-refractivity contribution in [1.29, 1.82) is 0 Å². The molecule has 0 aliphatic heterocycles. The summed E-state index contributed by atoms with van der Waals surface area (Å²) in [5, 5.41) is 6.61. The number of ether oxygens (including phenoxy) is 2. The van der Waals surface area contributed by atoms with E-state index >= 15 is 0 Å². The number of rotatable bonds is 11. The van der Waals surface area contributed by atoms with E-state index < -0.39 is 0 Å². The third-order valence-corrected chi connectivity index (χ3v) is 1.82. The van der Waals surface area contributed by atoms with E-state index in [9.17, 15) is 0 Å². The first-order chi connectivity index (χ1) is 6.91. The first-order valence-electron chi connectivity index (χ1n) is 5.40. The van der Waals surface area contributed by atoms with Crippen molar-refractivity contribution in [3.8, 4) is 0 Å². The van der Waals surface area contributed by atoms with Gasteiger partial charge in [-0.05, 0) is 26.4 Å². The van der Waals surface area contributed by atoms with Crippen LogP contribution >= 0.6 is 0 Å². The normalized spacial score (nSPS) is 10.7. The molecule has 0 rings (SSSR count). The van der Waals surface area contributed by atoms with E-state index in [4.69, 9.17) is 9.47 Å². The van der Waals surface area contributed by atoms with Gasteiger partial charge < -0.3 is 20.1 Å². The Labute approximate surface area is 87.4 Å². The van der Waals surface area contributed by atoms with E-state index in [1.165, 1.54) is 0 Å². The van der Waals surface area contributed by atoms with E-state index in [1.807, 2.05) is 6.92 Å². The Morgan fingerprint density at radius 3 is 2.14 bits per heavy atom. The van der Waals surface area contributed by atoms with Crippen molar-refractivity contribution in [3.63, 3.8) is 0 Å². The number of hydrogen-bond acceptors (Lipinski definition) is 4. The van der Waals surface area contributed by atoms with Crippen molar-refractivity contribution in [2.45, 2.75) is 13.3 Å². The van der Waals surface area contributed by atoms with Crippen LogP contribution in [0.25, 0.3) is 0 Å². The monoisotopic (exact) mass is 204 g/mol. The van der Waals surface area contributed by atoms with E-state index in [-0.39, 0.29) is 0 Å². The Morgan fingerprint density at radius 1 is 0.929 bits per heavy atom. The Balaban J connectivity index is 2.78. The van der Waals surface area contributed by atoms with Gasteiger partial charge in [-0.25, -0.2) is 0 Å². The van der Waals surface area contributed by atoms with Crippen molar-refractivity contribution in [1.82, 2.24) is 10.6 Å². The fraction of sp³-hybridized carbons (Fsp3) is 1.00. The Hall–Kier alpha value is -0.160. The Morgan fingerprint density at radius 2 is 1.57 bits per heavy atom. The zero-order valence-corrected chi connectivity index (χ0v) is 9.47. The van der Waals surface area contributed by atoms with Gasteiger partial charge in [-0.3, -0.25) is 0 Å². The van der Waals surface area contributed by atoms with Crippen LogP contribution in [0.4, 0.5) is 0 Å². The smallest absolute Gasteiger partial charge is 0.0590 e. The van der Waals surface area contributed by atoms with Crippen LogP contribution in [0.2, 0.25) is 0 Å². The summed E-state index contributed by atoms with van der Waals surface area (Å²) in [4.78, 5) is 0. The molecule has 0 saturated carbocycles. The van der Waals surface area contributed by atoms with Crippen molar-refractivity contribution in [3.05, 3.63) is 0 Å². The van der Waals surface area contributed by atoms with Crippen molar-refractivity contribution < 1.29 is 9.47 Å². The summed E-state index contributed by atoms with van der Waals surface area (Å²) in [6.07, 6.45) is 1.15. The van der Waals surface area contributed by atoms with E-state index in [0.29, 0.717) is 0 Å². The molecular formula is C10H24N2O2. The molecule has 0 aromatic rings. The maximum Gasteiger partial charge on any atom is 0.0590 e. The molecule has 0 aromatic heterocycles. The third kappa shape index (κ3) is 11.8. The van der Waals surface area contributed by atoms with Crippen LogP contribution in [0.1, 0.15) is 13.3 Å². The van der Waals surface area contributed by atoms with Crippen LogP contribution in [0, 0.1) is 0 Å². The summed E-state index contributed by atoms with van der Waals surface area (Å²) in [7, 11) is 1.72. The third-order valence-electron chi connectivity index (χ3n) is 1.82. The molecule has 4 heteroatoms. The van der Waals surface area contributed by atoms with Crippen LogP contribution in [0.5, 0.6) is 0 Å². The molecule has 0 radical (unpaired) electrons. The lowest BCUT2D eigenvalue weighted by molar-refractivity contribution is 0.149. The zero-order chi connectivity index (χ0) is 10.5. The Kier molecular flexibility index (Phi) is 12.7. The van der Waals surface area contributed by atoms with Crippen LogP contribution in [-0.2, 0) is 9.47 Å². The maximum atomic E-state index is 5.20. The number of hydrogen-bond donors (Lipinski definition) is 2. The maximum absolute atomic E-state index is 5.20. The zero-order valence-electron chi connectivity index (χ0n) is 9.47. The first-order valence-corrected chi connectivity index (χ1v) is 5.40. The van der Waals surface area contributed by atoms with Gasteiger partial charge in [0.2, 0.25) is 0 Å². The second kappa shape index (κ2) is 12.8. The van der Waals surface area contributed by atoms with Gasteiger partial charge in [0.05, 0.1) is 13.2 Å². The highest BCUT2D eigenvalue weighted by Crippen LogP contribution is 1.75. The summed E-state index contributed by atoms with van der Waals surface area (Å²) >= 11 is 0. The summed E-state index contributed by atoms with van der Waals surface area (Å²) in [6.45, 7) is 8.41. The number of nitrogens with one attached hydrogen (secondary N) is 2. The van der Waals surface area contributed by atoms with Gasteiger partial charge in [0, 0.05) is 26.8 Å². The van der Waals surface area contributed by atoms with Gasteiger partial charge in [0.15, 0.2) is 0 Å². The SMILES string of the molecule is CCOCCNCCCNCCOC.